The number of amides is 1. The molecule has 0 bridgehead atoms. The van der Waals surface area contributed by atoms with Crippen molar-refractivity contribution in [1.82, 2.24) is 10.3 Å². The fourth-order valence-corrected chi connectivity index (χ4v) is 2.54. The number of rotatable bonds is 5. The number of aromatic nitrogens is 1. The van der Waals surface area contributed by atoms with Crippen molar-refractivity contribution in [2.24, 2.45) is 0 Å². The maximum absolute atomic E-state index is 12.5. The largest absolute Gasteiger partial charge is 0.350 e. The summed E-state index contributed by atoms with van der Waals surface area (Å²) in [5.74, 6) is -0.290. The van der Waals surface area contributed by atoms with Crippen LogP contribution in [0.2, 0.25) is 0 Å². The summed E-state index contributed by atoms with van der Waals surface area (Å²) in [6, 6.07) is 11.1. The highest BCUT2D eigenvalue weighted by Crippen LogP contribution is 2.24. The number of nitrogens with zero attached hydrogens (tertiary/aromatic N) is 1. The van der Waals surface area contributed by atoms with E-state index < -0.39 is 14.6 Å². The lowest BCUT2D eigenvalue weighted by molar-refractivity contribution is 0.0950. The number of pyridine rings is 1. The van der Waals surface area contributed by atoms with Crippen LogP contribution in [0.1, 0.15) is 29.8 Å². The second-order valence-electron chi connectivity index (χ2n) is 6.41. The Bertz CT molecular complexity index is 844. The Kier molecular flexibility index (Phi) is 5.08. The third-order valence-corrected chi connectivity index (χ3v) is 6.35. The molecule has 1 aromatic carbocycles. The molecule has 1 N–H and O–H groups in total. The molecular weight excluding hydrogens is 324 g/mol. The highest BCUT2D eigenvalue weighted by Gasteiger charge is 2.30. The van der Waals surface area contributed by atoms with Crippen LogP contribution in [0.3, 0.4) is 0 Å². The van der Waals surface area contributed by atoms with Crippen LogP contribution in [0.15, 0.2) is 42.6 Å². The van der Waals surface area contributed by atoms with Gasteiger partial charge in [-0.05, 0) is 44.5 Å². The maximum atomic E-state index is 12.5. The summed E-state index contributed by atoms with van der Waals surface area (Å²) in [5, 5.41) is 2.73. The first-order valence-electron chi connectivity index (χ1n) is 7.62. The van der Waals surface area contributed by atoms with Crippen molar-refractivity contribution < 1.29 is 13.2 Å². The third kappa shape index (κ3) is 3.82. The number of hydrogen-bond donors (Lipinski definition) is 1. The van der Waals surface area contributed by atoms with Crippen LogP contribution in [0.4, 0.5) is 0 Å². The van der Waals surface area contributed by atoms with E-state index in [1.54, 1.807) is 32.2 Å². The first-order valence-corrected chi connectivity index (χ1v) is 9.51. The lowest BCUT2D eigenvalue weighted by atomic mass is 9.99. The minimum atomic E-state index is -3.27. The second-order valence-corrected chi connectivity index (χ2v) is 9.06. The van der Waals surface area contributed by atoms with Crippen molar-refractivity contribution in [3.63, 3.8) is 0 Å². The van der Waals surface area contributed by atoms with Gasteiger partial charge in [0, 0.05) is 30.1 Å². The van der Waals surface area contributed by atoms with Crippen LogP contribution in [0.5, 0.6) is 0 Å². The number of carbonyl (C=O) groups is 1. The number of carbonyl (C=O) groups excluding carboxylic acids is 1. The Labute approximate surface area is 143 Å². The summed E-state index contributed by atoms with van der Waals surface area (Å²) in [6.45, 7) is 5.11. The van der Waals surface area contributed by atoms with Crippen LogP contribution in [-0.4, -0.2) is 36.9 Å². The normalized spacial score (nSPS) is 12.0. The first kappa shape index (κ1) is 18.1. The van der Waals surface area contributed by atoms with E-state index in [0.29, 0.717) is 5.56 Å². The van der Waals surface area contributed by atoms with Crippen molar-refractivity contribution in [3.8, 4) is 11.3 Å². The van der Waals surface area contributed by atoms with Gasteiger partial charge in [0.25, 0.3) is 5.91 Å². The number of sulfone groups is 1. The predicted octanol–water partition coefficient (Wildman–Crippen LogP) is 2.61. The zero-order valence-corrected chi connectivity index (χ0v) is 15.1. The molecule has 0 aliphatic heterocycles. The van der Waals surface area contributed by atoms with Gasteiger partial charge in [-0.2, -0.15) is 0 Å². The molecule has 6 heteroatoms. The van der Waals surface area contributed by atoms with Gasteiger partial charge in [-0.25, -0.2) is 8.42 Å². The van der Waals surface area contributed by atoms with E-state index in [4.69, 9.17) is 0 Å². The fraction of sp³-hybridized carbons (Fsp3) is 0.333. The van der Waals surface area contributed by atoms with Gasteiger partial charge in [0.1, 0.15) is 0 Å². The molecule has 1 aromatic heterocycles. The average molecular weight is 346 g/mol. The molecular formula is C18H22N2O3S. The smallest absolute Gasteiger partial charge is 0.251 e. The van der Waals surface area contributed by atoms with Gasteiger partial charge in [-0.3, -0.25) is 9.78 Å². The highest BCUT2D eigenvalue weighted by atomic mass is 32.2. The lowest BCUT2D eigenvalue weighted by Gasteiger charge is -2.23. The number of hydrogen-bond acceptors (Lipinski definition) is 4. The minimum Gasteiger partial charge on any atom is -0.350 e. The van der Waals surface area contributed by atoms with E-state index in [9.17, 15) is 13.2 Å². The summed E-state index contributed by atoms with van der Waals surface area (Å²) >= 11 is 0. The highest BCUT2D eigenvalue weighted by molar-refractivity contribution is 7.92. The van der Waals surface area contributed by atoms with E-state index in [1.807, 2.05) is 31.2 Å². The summed E-state index contributed by atoms with van der Waals surface area (Å²) in [4.78, 5) is 16.8. The standard InChI is InChI=1S/C18H22N2O3S/c1-13-14(16-10-5-6-11-19-16)8-7-9-15(13)17(21)20-12-18(2,3)24(4,22)23/h5-11H,12H2,1-4H3,(H,20,21). The zero-order valence-electron chi connectivity index (χ0n) is 14.3. The number of nitrogens with one attached hydrogen (secondary N) is 1. The Hall–Kier alpha value is -2.21. The van der Waals surface area contributed by atoms with Gasteiger partial charge in [0.2, 0.25) is 0 Å². The predicted molar refractivity (Wildman–Crippen MR) is 95.7 cm³/mol. The molecule has 0 radical (unpaired) electrons. The summed E-state index contributed by atoms with van der Waals surface area (Å²) in [7, 11) is -3.27. The van der Waals surface area contributed by atoms with E-state index in [1.165, 1.54) is 6.26 Å². The summed E-state index contributed by atoms with van der Waals surface area (Å²) in [6.07, 6.45) is 2.88. The second kappa shape index (κ2) is 6.73. The molecule has 0 fully saturated rings. The molecule has 1 amide bonds. The molecule has 5 nitrogen and oxygen atoms in total. The van der Waals surface area contributed by atoms with Gasteiger partial charge in [0.15, 0.2) is 9.84 Å². The maximum Gasteiger partial charge on any atom is 0.251 e. The van der Waals surface area contributed by atoms with E-state index in [-0.39, 0.29) is 12.5 Å². The summed E-state index contributed by atoms with van der Waals surface area (Å²) < 4.78 is 22.5. The molecule has 2 aromatic rings. The van der Waals surface area contributed by atoms with Crippen molar-refractivity contribution in [1.29, 1.82) is 0 Å². The van der Waals surface area contributed by atoms with Crippen LogP contribution in [-0.2, 0) is 9.84 Å². The molecule has 0 saturated heterocycles. The molecule has 0 saturated carbocycles. The molecule has 128 valence electrons. The minimum absolute atomic E-state index is 0.0535. The topological polar surface area (TPSA) is 76.1 Å². The van der Waals surface area contributed by atoms with E-state index in [0.717, 1.165) is 16.8 Å². The molecule has 0 unspecified atom stereocenters. The van der Waals surface area contributed by atoms with Crippen LogP contribution in [0, 0.1) is 6.92 Å². The van der Waals surface area contributed by atoms with Crippen molar-refractivity contribution >= 4 is 15.7 Å². The van der Waals surface area contributed by atoms with Crippen LogP contribution < -0.4 is 5.32 Å². The van der Waals surface area contributed by atoms with Crippen LogP contribution in [0.25, 0.3) is 11.3 Å². The third-order valence-electron chi connectivity index (χ3n) is 4.20. The van der Waals surface area contributed by atoms with E-state index >= 15 is 0 Å². The van der Waals surface area contributed by atoms with Gasteiger partial charge >= 0.3 is 0 Å². The van der Waals surface area contributed by atoms with E-state index in [2.05, 4.69) is 10.3 Å². The Morgan fingerprint density at radius 2 is 1.88 bits per heavy atom. The molecule has 1 heterocycles. The molecule has 0 spiro atoms. The monoisotopic (exact) mass is 346 g/mol. The summed E-state index contributed by atoms with van der Waals surface area (Å²) in [5.41, 5.74) is 3.00. The van der Waals surface area contributed by atoms with Gasteiger partial charge < -0.3 is 5.32 Å². The quantitative estimate of drug-likeness (QED) is 0.903. The average Bonchev–Trinajstić information content (AvgIpc) is 2.52. The van der Waals surface area contributed by atoms with Gasteiger partial charge in [-0.15, -0.1) is 0 Å². The molecule has 0 aliphatic carbocycles. The van der Waals surface area contributed by atoms with Crippen LogP contribution >= 0.6 is 0 Å². The first-order chi connectivity index (χ1) is 11.1. The Morgan fingerprint density at radius 3 is 2.46 bits per heavy atom. The molecule has 2 rings (SSSR count). The zero-order chi connectivity index (χ0) is 18.0. The molecule has 0 aliphatic rings. The Morgan fingerprint density at radius 1 is 1.17 bits per heavy atom. The Balaban J connectivity index is 2.26. The van der Waals surface area contributed by atoms with Crippen molar-refractivity contribution in [3.05, 3.63) is 53.7 Å². The van der Waals surface area contributed by atoms with Crippen molar-refractivity contribution in [2.75, 3.05) is 12.8 Å². The van der Waals surface area contributed by atoms with Gasteiger partial charge in [-0.1, -0.05) is 18.2 Å². The lowest BCUT2D eigenvalue weighted by Crippen LogP contribution is -2.43. The number of benzene rings is 1. The molecule has 0 atom stereocenters. The SMILES string of the molecule is Cc1c(C(=O)NCC(C)(C)S(C)(=O)=O)cccc1-c1ccccn1. The fourth-order valence-electron chi connectivity index (χ4n) is 2.20. The molecule has 24 heavy (non-hydrogen) atoms. The van der Waals surface area contributed by atoms with Crippen molar-refractivity contribution in [2.45, 2.75) is 25.5 Å². The van der Waals surface area contributed by atoms with Gasteiger partial charge in [0.05, 0.1) is 10.4 Å².